The maximum absolute atomic E-state index is 14.0. The van der Waals surface area contributed by atoms with Crippen LogP contribution in [-0.2, 0) is 16.0 Å². The molecule has 0 radical (unpaired) electrons. The Kier molecular flexibility index (Phi) is 7.76. The molecular formula is C16H21ClFNO2S. The summed E-state index contributed by atoms with van der Waals surface area (Å²) < 4.78 is 19.2. The summed E-state index contributed by atoms with van der Waals surface area (Å²) in [4.78, 5) is 12.1. The molecule has 0 bridgehead atoms. The topological polar surface area (TPSA) is 38.3 Å². The zero-order valence-electron chi connectivity index (χ0n) is 13.0. The Balaban J connectivity index is 2.96. The van der Waals surface area contributed by atoms with Gasteiger partial charge in [0.25, 0.3) is 0 Å². The van der Waals surface area contributed by atoms with Gasteiger partial charge in [-0.1, -0.05) is 25.4 Å². The molecule has 22 heavy (non-hydrogen) atoms. The van der Waals surface area contributed by atoms with Crippen molar-refractivity contribution in [2.45, 2.75) is 40.0 Å². The van der Waals surface area contributed by atoms with E-state index < -0.39 is 5.82 Å². The van der Waals surface area contributed by atoms with Crippen LogP contribution in [0.1, 0.15) is 39.2 Å². The van der Waals surface area contributed by atoms with Gasteiger partial charge in [-0.15, -0.1) is 0 Å². The number of halogens is 2. The number of ether oxygens (including phenoxy) is 1. The van der Waals surface area contributed by atoms with E-state index in [1.807, 2.05) is 20.8 Å². The third-order valence-corrected chi connectivity index (χ3v) is 4.00. The van der Waals surface area contributed by atoms with Crippen molar-refractivity contribution in [2.24, 2.45) is 5.92 Å². The second-order valence-electron chi connectivity index (χ2n) is 4.91. The Bertz CT molecular complexity index is 547. The maximum Gasteiger partial charge on any atom is 0.227 e. The number of rotatable bonds is 7. The van der Waals surface area contributed by atoms with E-state index in [1.165, 1.54) is 12.1 Å². The van der Waals surface area contributed by atoms with Crippen LogP contribution in [0.3, 0.4) is 0 Å². The number of hydrogen-bond donors (Lipinski definition) is 1. The van der Waals surface area contributed by atoms with Gasteiger partial charge in [-0.25, -0.2) is 4.39 Å². The molecule has 0 aliphatic carbocycles. The second kappa shape index (κ2) is 9.06. The van der Waals surface area contributed by atoms with Gasteiger partial charge in [0.1, 0.15) is 5.82 Å². The largest absolute Gasteiger partial charge is 0.487 e. The van der Waals surface area contributed by atoms with E-state index in [-0.39, 0.29) is 22.5 Å². The van der Waals surface area contributed by atoms with Gasteiger partial charge in [-0.2, -0.15) is 0 Å². The van der Waals surface area contributed by atoms with Crippen molar-refractivity contribution < 1.29 is 13.9 Å². The van der Waals surface area contributed by atoms with Gasteiger partial charge in [0, 0.05) is 17.4 Å². The van der Waals surface area contributed by atoms with Crippen molar-refractivity contribution in [1.82, 2.24) is 0 Å². The molecule has 0 spiro atoms. The number of hydrogen-bond acceptors (Lipinski definition) is 3. The Labute approximate surface area is 141 Å². The SMILES string of the molecule is CCOC(=S)Cc1cc(NC(=O)C(CC)CC)c(F)cc1Cl. The van der Waals surface area contributed by atoms with Crippen molar-refractivity contribution in [1.29, 1.82) is 0 Å². The van der Waals surface area contributed by atoms with Crippen LogP contribution in [0.4, 0.5) is 10.1 Å². The van der Waals surface area contributed by atoms with Crippen LogP contribution in [0.15, 0.2) is 12.1 Å². The fraction of sp³-hybridized carbons (Fsp3) is 0.500. The normalized spacial score (nSPS) is 10.6. The van der Waals surface area contributed by atoms with Crippen molar-refractivity contribution in [3.05, 3.63) is 28.5 Å². The first kappa shape index (κ1) is 18.8. The number of carbonyl (C=O) groups excluding carboxylic acids is 1. The Morgan fingerprint density at radius 2 is 2.00 bits per heavy atom. The zero-order chi connectivity index (χ0) is 16.7. The van der Waals surface area contributed by atoms with Crippen molar-refractivity contribution >= 4 is 40.5 Å². The Hall–Kier alpha value is -1.20. The highest BCUT2D eigenvalue weighted by Gasteiger charge is 2.17. The molecule has 0 aliphatic heterocycles. The van der Waals surface area contributed by atoms with Crippen molar-refractivity contribution in [3.63, 3.8) is 0 Å². The highest BCUT2D eigenvalue weighted by molar-refractivity contribution is 7.80. The number of anilines is 1. The maximum atomic E-state index is 14.0. The summed E-state index contributed by atoms with van der Waals surface area (Å²) in [7, 11) is 0. The predicted octanol–water partition coefficient (Wildman–Crippen LogP) is 4.76. The number of nitrogens with one attached hydrogen (secondary N) is 1. The molecule has 0 unspecified atom stereocenters. The summed E-state index contributed by atoms with van der Waals surface area (Å²) in [6.07, 6.45) is 1.72. The molecule has 1 N–H and O–H groups in total. The van der Waals surface area contributed by atoms with Gasteiger partial charge >= 0.3 is 0 Å². The standard InChI is InChI=1S/C16H21ClFNO2S/c1-4-10(5-2)16(20)19-14-7-11(8-15(22)21-6-3)12(17)9-13(14)18/h7,9-10H,4-6,8H2,1-3H3,(H,19,20). The van der Waals surface area contributed by atoms with E-state index >= 15 is 0 Å². The van der Waals surface area contributed by atoms with Gasteiger partial charge < -0.3 is 10.1 Å². The van der Waals surface area contributed by atoms with Crippen LogP contribution >= 0.6 is 23.8 Å². The summed E-state index contributed by atoms with van der Waals surface area (Å²) >= 11 is 11.1. The average molecular weight is 346 g/mol. The summed E-state index contributed by atoms with van der Waals surface area (Å²) in [5.41, 5.74) is 0.747. The minimum Gasteiger partial charge on any atom is -0.487 e. The van der Waals surface area contributed by atoms with Gasteiger partial charge in [0.15, 0.2) is 5.05 Å². The lowest BCUT2D eigenvalue weighted by Gasteiger charge is -2.15. The number of benzene rings is 1. The number of thiocarbonyl (C=S) groups is 1. The first-order valence-electron chi connectivity index (χ1n) is 7.37. The molecule has 0 aliphatic rings. The van der Waals surface area contributed by atoms with Crippen molar-refractivity contribution in [3.8, 4) is 0 Å². The molecule has 0 saturated heterocycles. The zero-order valence-corrected chi connectivity index (χ0v) is 14.6. The molecule has 3 nitrogen and oxygen atoms in total. The summed E-state index contributed by atoms with van der Waals surface area (Å²) in [6.45, 7) is 6.16. The Morgan fingerprint density at radius 1 is 1.36 bits per heavy atom. The van der Waals surface area contributed by atoms with E-state index in [2.05, 4.69) is 5.32 Å². The predicted molar refractivity (Wildman–Crippen MR) is 92.0 cm³/mol. The van der Waals surface area contributed by atoms with E-state index in [4.69, 9.17) is 28.6 Å². The van der Waals surface area contributed by atoms with Crippen LogP contribution in [-0.4, -0.2) is 17.6 Å². The summed E-state index contributed by atoms with van der Waals surface area (Å²) in [5.74, 6) is -0.886. The first-order valence-corrected chi connectivity index (χ1v) is 8.15. The van der Waals surface area contributed by atoms with E-state index in [9.17, 15) is 9.18 Å². The molecule has 0 aromatic heterocycles. The third-order valence-electron chi connectivity index (χ3n) is 3.39. The summed E-state index contributed by atoms with van der Waals surface area (Å²) in [5, 5.41) is 3.27. The molecule has 0 heterocycles. The molecule has 6 heteroatoms. The lowest BCUT2D eigenvalue weighted by Crippen LogP contribution is -2.22. The van der Waals surface area contributed by atoms with Gasteiger partial charge in [-0.05, 0) is 49.7 Å². The van der Waals surface area contributed by atoms with E-state index in [0.717, 1.165) is 0 Å². The molecule has 0 fully saturated rings. The molecule has 1 amide bonds. The van der Waals surface area contributed by atoms with Gasteiger partial charge in [0.2, 0.25) is 5.91 Å². The number of carbonyl (C=O) groups is 1. The fourth-order valence-electron chi connectivity index (χ4n) is 2.09. The quantitative estimate of drug-likeness (QED) is 0.724. The Morgan fingerprint density at radius 3 is 2.55 bits per heavy atom. The molecule has 0 saturated carbocycles. The molecule has 1 aromatic carbocycles. The molecular weight excluding hydrogens is 325 g/mol. The van der Waals surface area contributed by atoms with Crippen molar-refractivity contribution in [2.75, 3.05) is 11.9 Å². The lowest BCUT2D eigenvalue weighted by molar-refractivity contribution is -0.120. The van der Waals surface area contributed by atoms with Crippen LogP contribution in [0.2, 0.25) is 5.02 Å². The minimum atomic E-state index is -0.560. The molecule has 1 aromatic rings. The fourth-order valence-corrected chi connectivity index (χ4v) is 2.58. The van der Waals surface area contributed by atoms with Crippen LogP contribution in [0, 0.1) is 11.7 Å². The van der Waals surface area contributed by atoms with Crippen LogP contribution in [0.25, 0.3) is 0 Å². The van der Waals surface area contributed by atoms with Gasteiger partial charge in [0.05, 0.1) is 12.3 Å². The highest BCUT2D eigenvalue weighted by atomic mass is 35.5. The molecule has 122 valence electrons. The smallest absolute Gasteiger partial charge is 0.227 e. The highest BCUT2D eigenvalue weighted by Crippen LogP contribution is 2.26. The minimum absolute atomic E-state index is 0.121. The molecule has 0 atom stereocenters. The molecule has 1 rings (SSSR count). The van der Waals surface area contributed by atoms with E-state index in [0.29, 0.717) is 36.5 Å². The number of amides is 1. The summed E-state index contributed by atoms with van der Waals surface area (Å²) in [6, 6.07) is 2.71. The third kappa shape index (κ3) is 5.21. The monoisotopic (exact) mass is 345 g/mol. The van der Waals surface area contributed by atoms with Crippen LogP contribution in [0.5, 0.6) is 0 Å². The van der Waals surface area contributed by atoms with Gasteiger partial charge in [-0.3, -0.25) is 4.79 Å². The first-order chi connectivity index (χ1) is 10.4. The lowest BCUT2D eigenvalue weighted by atomic mass is 10.0. The average Bonchev–Trinajstić information content (AvgIpc) is 2.45. The second-order valence-corrected chi connectivity index (χ2v) is 5.77. The van der Waals surface area contributed by atoms with Crippen LogP contribution < -0.4 is 5.32 Å². The van der Waals surface area contributed by atoms with E-state index in [1.54, 1.807) is 0 Å².